The summed E-state index contributed by atoms with van der Waals surface area (Å²) < 4.78 is 11.7. The van der Waals surface area contributed by atoms with Crippen LogP contribution < -0.4 is 0 Å². The first kappa shape index (κ1) is 10.9. The van der Waals surface area contributed by atoms with Gasteiger partial charge in [-0.1, -0.05) is 31.6 Å². The van der Waals surface area contributed by atoms with Crippen molar-refractivity contribution in [2.75, 3.05) is 0 Å². The molecule has 0 aromatic heterocycles. The van der Waals surface area contributed by atoms with Crippen LogP contribution in [-0.4, -0.2) is 18.0 Å². The predicted molar refractivity (Wildman–Crippen MR) is 60.6 cm³/mol. The lowest BCUT2D eigenvalue weighted by Crippen LogP contribution is -2.25. The first-order valence-electron chi connectivity index (χ1n) is 5.85. The van der Waals surface area contributed by atoms with Crippen molar-refractivity contribution in [1.82, 2.24) is 0 Å². The summed E-state index contributed by atoms with van der Waals surface area (Å²) >= 11 is 0. The highest BCUT2D eigenvalue weighted by molar-refractivity contribution is 5.27. The molecule has 2 heteroatoms. The van der Waals surface area contributed by atoms with E-state index in [1.54, 1.807) is 0 Å². The van der Waals surface area contributed by atoms with Crippen molar-refractivity contribution < 1.29 is 9.47 Å². The molecule has 1 saturated heterocycles. The Morgan fingerprint density at radius 2 is 2.13 bits per heavy atom. The van der Waals surface area contributed by atoms with Gasteiger partial charge in [-0.25, -0.2) is 0 Å². The predicted octanol–water partition coefficient (Wildman–Crippen LogP) is 3.19. The highest BCUT2D eigenvalue weighted by Gasteiger charge is 2.42. The minimum Gasteiger partial charge on any atom is -0.340 e. The van der Waals surface area contributed by atoms with Crippen LogP contribution in [0.3, 0.4) is 0 Å². The van der Waals surface area contributed by atoms with E-state index in [1.165, 1.54) is 18.4 Å². The molecule has 2 aliphatic rings. The molecule has 2 atom stereocenters. The molecule has 0 unspecified atom stereocenters. The van der Waals surface area contributed by atoms with Gasteiger partial charge in [0.2, 0.25) is 0 Å². The van der Waals surface area contributed by atoms with Gasteiger partial charge in [-0.2, -0.15) is 0 Å². The van der Waals surface area contributed by atoms with Gasteiger partial charge in [0.25, 0.3) is 0 Å². The number of ether oxygens (including phenoxy) is 2. The van der Waals surface area contributed by atoms with Crippen LogP contribution in [0.5, 0.6) is 0 Å². The number of rotatable bonds is 3. The Bertz CT molecular complexity index is 289. The van der Waals surface area contributed by atoms with Gasteiger partial charge >= 0.3 is 0 Å². The van der Waals surface area contributed by atoms with Gasteiger partial charge in [0.1, 0.15) is 12.2 Å². The van der Waals surface area contributed by atoms with Gasteiger partial charge < -0.3 is 9.47 Å². The van der Waals surface area contributed by atoms with Gasteiger partial charge in [-0.05, 0) is 32.3 Å². The Balaban J connectivity index is 2.07. The lowest BCUT2D eigenvalue weighted by atomic mass is 9.95. The number of fused-ring (bicyclic) bond motifs is 1. The normalized spacial score (nSPS) is 32.6. The van der Waals surface area contributed by atoms with Crippen LogP contribution in [0.2, 0.25) is 0 Å². The smallest absolute Gasteiger partial charge is 0.164 e. The third kappa shape index (κ3) is 2.32. The highest BCUT2D eigenvalue weighted by atomic mass is 16.7. The fraction of sp³-hybridized carbons (Fsp3) is 0.692. The topological polar surface area (TPSA) is 18.5 Å². The zero-order valence-corrected chi connectivity index (χ0v) is 9.82. The SMILES string of the molecule is CCCCC1=CC=C[C@@H]2OC(C)(C)O[C@H]12. The zero-order valence-electron chi connectivity index (χ0n) is 9.82. The maximum atomic E-state index is 5.92. The van der Waals surface area contributed by atoms with Crippen LogP contribution >= 0.6 is 0 Å². The maximum Gasteiger partial charge on any atom is 0.164 e. The number of hydrogen-bond acceptors (Lipinski definition) is 2. The van der Waals surface area contributed by atoms with Crippen LogP contribution in [0.15, 0.2) is 23.8 Å². The molecular formula is C13H20O2. The third-order valence-electron chi connectivity index (χ3n) is 2.92. The minimum atomic E-state index is -0.435. The third-order valence-corrected chi connectivity index (χ3v) is 2.92. The van der Waals surface area contributed by atoms with E-state index in [0.717, 1.165) is 6.42 Å². The summed E-state index contributed by atoms with van der Waals surface area (Å²) in [5, 5.41) is 0. The van der Waals surface area contributed by atoms with Gasteiger partial charge in [0.05, 0.1) is 0 Å². The second-order valence-corrected chi connectivity index (χ2v) is 4.75. The van der Waals surface area contributed by atoms with Crippen molar-refractivity contribution in [3.63, 3.8) is 0 Å². The van der Waals surface area contributed by atoms with Gasteiger partial charge in [-0.3, -0.25) is 0 Å². The minimum absolute atomic E-state index is 0.122. The number of unbranched alkanes of at least 4 members (excludes halogenated alkanes) is 1. The average Bonchev–Trinajstić information content (AvgIpc) is 2.49. The largest absolute Gasteiger partial charge is 0.340 e. The molecule has 2 nitrogen and oxygen atoms in total. The molecule has 0 N–H and O–H groups in total. The van der Waals surface area contributed by atoms with Crippen LogP contribution in [0.1, 0.15) is 40.0 Å². The standard InChI is InChI=1S/C13H20O2/c1-4-5-7-10-8-6-9-11-12(10)15-13(2,3)14-11/h6,8-9,11-12H,4-5,7H2,1-3H3/t11-,12+/m0/s1. The van der Waals surface area contributed by atoms with Crippen LogP contribution in [-0.2, 0) is 9.47 Å². The Hall–Kier alpha value is -0.600. The van der Waals surface area contributed by atoms with E-state index < -0.39 is 5.79 Å². The molecule has 1 fully saturated rings. The van der Waals surface area contributed by atoms with Gasteiger partial charge in [0.15, 0.2) is 5.79 Å². The number of allylic oxidation sites excluding steroid dienone is 2. The Labute approximate surface area is 92.0 Å². The summed E-state index contributed by atoms with van der Waals surface area (Å²) in [5.41, 5.74) is 1.38. The van der Waals surface area contributed by atoms with E-state index in [4.69, 9.17) is 9.47 Å². The van der Waals surface area contributed by atoms with Crippen LogP contribution in [0.4, 0.5) is 0 Å². The van der Waals surface area contributed by atoms with Crippen molar-refractivity contribution in [1.29, 1.82) is 0 Å². The van der Waals surface area contributed by atoms with E-state index >= 15 is 0 Å². The first-order chi connectivity index (χ1) is 7.12. The Kier molecular flexibility index (Phi) is 2.98. The molecule has 1 heterocycles. The molecule has 0 bridgehead atoms. The molecule has 0 saturated carbocycles. The zero-order chi connectivity index (χ0) is 10.9. The fourth-order valence-electron chi connectivity index (χ4n) is 2.21. The van der Waals surface area contributed by atoms with Crippen molar-refractivity contribution >= 4 is 0 Å². The molecule has 0 aromatic rings. The average molecular weight is 208 g/mol. The van der Waals surface area contributed by atoms with Crippen molar-refractivity contribution in [2.45, 2.75) is 58.0 Å². The van der Waals surface area contributed by atoms with E-state index in [2.05, 4.69) is 25.2 Å². The molecule has 2 rings (SSSR count). The van der Waals surface area contributed by atoms with Gasteiger partial charge in [-0.15, -0.1) is 0 Å². The van der Waals surface area contributed by atoms with Crippen molar-refractivity contribution in [3.8, 4) is 0 Å². The molecule has 0 aromatic carbocycles. The van der Waals surface area contributed by atoms with E-state index in [1.807, 2.05) is 13.8 Å². The van der Waals surface area contributed by atoms with Crippen LogP contribution in [0, 0.1) is 0 Å². The summed E-state index contributed by atoms with van der Waals surface area (Å²) in [4.78, 5) is 0. The molecule has 0 amide bonds. The molecule has 84 valence electrons. The van der Waals surface area contributed by atoms with E-state index in [-0.39, 0.29) is 12.2 Å². The maximum absolute atomic E-state index is 5.92. The van der Waals surface area contributed by atoms with E-state index in [9.17, 15) is 0 Å². The molecule has 0 radical (unpaired) electrons. The number of hydrogen-bond donors (Lipinski definition) is 0. The van der Waals surface area contributed by atoms with Crippen molar-refractivity contribution in [3.05, 3.63) is 23.8 Å². The summed E-state index contributed by atoms with van der Waals surface area (Å²) in [6.07, 6.45) is 10.2. The lowest BCUT2D eigenvalue weighted by molar-refractivity contribution is -0.139. The van der Waals surface area contributed by atoms with E-state index in [0.29, 0.717) is 0 Å². The second-order valence-electron chi connectivity index (χ2n) is 4.75. The summed E-state index contributed by atoms with van der Waals surface area (Å²) in [6, 6.07) is 0. The molecule has 1 aliphatic heterocycles. The van der Waals surface area contributed by atoms with Crippen LogP contribution in [0.25, 0.3) is 0 Å². The quantitative estimate of drug-likeness (QED) is 0.709. The molecule has 15 heavy (non-hydrogen) atoms. The summed E-state index contributed by atoms with van der Waals surface area (Å²) in [7, 11) is 0. The van der Waals surface area contributed by atoms with Crippen molar-refractivity contribution in [2.24, 2.45) is 0 Å². The highest BCUT2D eigenvalue weighted by Crippen LogP contribution is 2.36. The Morgan fingerprint density at radius 3 is 2.87 bits per heavy atom. The van der Waals surface area contributed by atoms with Gasteiger partial charge in [0, 0.05) is 0 Å². The second kappa shape index (κ2) is 4.11. The fourth-order valence-corrected chi connectivity index (χ4v) is 2.21. The monoisotopic (exact) mass is 208 g/mol. The molecule has 1 aliphatic carbocycles. The Morgan fingerprint density at radius 1 is 1.33 bits per heavy atom. The summed E-state index contributed by atoms with van der Waals surface area (Å²) in [5.74, 6) is -0.435. The molecule has 0 spiro atoms. The lowest BCUT2D eigenvalue weighted by Gasteiger charge is -2.20. The molecular weight excluding hydrogens is 188 g/mol. The first-order valence-corrected chi connectivity index (χ1v) is 5.85. The summed E-state index contributed by atoms with van der Waals surface area (Å²) in [6.45, 7) is 6.18.